The molecule has 3 rings (SSSR count). The van der Waals surface area contributed by atoms with Crippen LogP contribution >= 0.6 is 0 Å². The molecule has 2 aromatic rings. The molecule has 0 N–H and O–H groups in total. The zero-order valence-electron chi connectivity index (χ0n) is 14.0. The zero-order valence-corrected chi connectivity index (χ0v) is 14.0. The van der Waals surface area contributed by atoms with E-state index >= 15 is 0 Å². The summed E-state index contributed by atoms with van der Waals surface area (Å²) in [6, 6.07) is 16.1. The average molecular weight is 341 g/mol. The van der Waals surface area contributed by atoms with Crippen LogP contribution in [0.5, 0.6) is 0 Å². The van der Waals surface area contributed by atoms with Crippen molar-refractivity contribution in [2.24, 2.45) is 5.92 Å². The first-order valence-corrected chi connectivity index (χ1v) is 7.91. The number of carbonyl (C=O) groups excluding carboxylic acids is 2. The van der Waals surface area contributed by atoms with Crippen molar-refractivity contribution in [3.8, 4) is 0 Å². The number of esters is 1. The van der Waals surface area contributed by atoms with Gasteiger partial charge < -0.3 is 4.74 Å². The van der Waals surface area contributed by atoms with Crippen LogP contribution in [0.4, 0.5) is 5.69 Å². The van der Waals surface area contributed by atoms with Crippen LogP contribution in [0.15, 0.2) is 54.6 Å². The van der Waals surface area contributed by atoms with E-state index in [-0.39, 0.29) is 18.2 Å². The molecule has 1 heterocycles. The Bertz CT molecular complexity index is 740. The second kappa shape index (κ2) is 7.46. The smallest absolute Gasteiger partial charge is 0.307 e. The summed E-state index contributed by atoms with van der Waals surface area (Å²) < 4.78 is 5.42. The molecule has 1 aliphatic rings. The summed E-state index contributed by atoms with van der Waals surface area (Å²) in [6.07, 6.45) is -0.504. The molecular weight excluding hydrogens is 322 g/mol. The number of ether oxygens (including phenoxy) is 1. The first-order valence-electron chi connectivity index (χ1n) is 7.91. The first-order chi connectivity index (χ1) is 12.1. The van der Waals surface area contributed by atoms with Crippen LogP contribution < -0.4 is 5.23 Å². The normalized spacial score (nSPS) is 19.5. The van der Waals surface area contributed by atoms with Crippen molar-refractivity contribution in [1.82, 2.24) is 0 Å². The molecule has 0 amide bonds. The zero-order chi connectivity index (χ0) is 17.8. The highest BCUT2D eigenvalue weighted by Crippen LogP contribution is 2.38. The quantitative estimate of drug-likeness (QED) is 0.457. The van der Waals surface area contributed by atoms with Gasteiger partial charge in [-0.05, 0) is 17.7 Å². The van der Waals surface area contributed by atoms with E-state index in [1.165, 1.54) is 19.4 Å². The molecule has 6 nitrogen and oxygen atoms in total. The number of benzene rings is 2. The Labute approximate surface area is 145 Å². The van der Waals surface area contributed by atoms with Gasteiger partial charge in [0.25, 0.3) is 0 Å². The molecular formula is C19H19NO5. The highest BCUT2D eigenvalue weighted by Gasteiger charge is 2.40. The van der Waals surface area contributed by atoms with Gasteiger partial charge in [-0.2, -0.15) is 0 Å². The molecule has 6 heteroatoms. The van der Waals surface area contributed by atoms with E-state index in [0.717, 1.165) is 5.56 Å². The number of nitrogens with zero attached hydrogens (tertiary/aromatic N) is 1. The summed E-state index contributed by atoms with van der Waals surface area (Å²) in [5.41, 5.74) is 2.03. The van der Waals surface area contributed by atoms with Gasteiger partial charge in [0.2, 0.25) is 0 Å². The molecule has 2 atom stereocenters. The van der Waals surface area contributed by atoms with Gasteiger partial charge in [-0.25, -0.2) is 0 Å². The molecule has 0 radical (unpaired) electrons. The van der Waals surface area contributed by atoms with Crippen LogP contribution in [0.2, 0.25) is 0 Å². The second-order valence-electron chi connectivity index (χ2n) is 5.67. The number of anilines is 1. The van der Waals surface area contributed by atoms with Gasteiger partial charge in [0, 0.05) is 5.56 Å². The lowest BCUT2D eigenvalue weighted by Gasteiger charge is -2.20. The van der Waals surface area contributed by atoms with E-state index in [0.29, 0.717) is 11.3 Å². The number of cyclic esters (lactones) is 1. The molecule has 0 unspecified atom stereocenters. The van der Waals surface area contributed by atoms with Gasteiger partial charge in [-0.1, -0.05) is 42.5 Å². The Morgan fingerprint density at radius 3 is 2.28 bits per heavy atom. The van der Waals surface area contributed by atoms with Gasteiger partial charge >= 0.3 is 5.97 Å². The lowest BCUT2D eigenvalue weighted by Crippen LogP contribution is -2.20. The van der Waals surface area contributed by atoms with E-state index in [1.807, 2.05) is 6.07 Å². The van der Waals surface area contributed by atoms with Crippen LogP contribution in [0.3, 0.4) is 0 Å². The third-order valence-electron chi connectivity index (χ3n) is 4.17. The largest absolute Gasteiger partial charge is 0.457 e. The maximum Gasteiger partial charge on any atom is 0.307 e. The SMILES string of the molecule is CON(OC)c1ccc([C@@H]2OC(=O)C[C@H]2C(=O)c2ccccc2)cc1. The minimum absolute atomic E-state index is 0.0857. The third-order valence-corrected chi connectivity index (χ3v) is 4.17. The molecule has 0 aliphatic carbocycles. The fourth-order valence-corrected chi connectivity index (χ4v) is 2.98. The summed E-state index contributed by atoms with van der Waals surface area (Å²) in [5, 5.41) is 1.25. The fraction of sp³-hybridized carbons (Fsp3) is 0.263. The molecule has 0 spiro atoms. The highest BCUT2D eigenvalue weighted by molar-refractivity contribution is 6.01. The van der Waals surface area contributed by atoms with Crippen molar-refractivity contribution in [3.63, 3.8) is 0 Å². The van der Waals surface area contributed by atoms with E-state index < -0.39 is 12.0 Å². The Balaban J connectivity index is 1.84. The van der Waals surface area contributed by atoms with Crippen LogP contribution in [-0.2, 0) is 19.2 Å². The number of hydrogen-bond donors (Lipinski definition) is 0. The predicted octanol–water partition coefficient (Wildman–Crippen LogP) is 3.10. The van der Waals surface area contributed by atoms with Crippen LogP contribution in [0, 0.1) is 5.92 Å². The minimum atomic E-state index is -0.590. The number of hydrogen-bond acceptors (Lipinski definition) is 6. The van der Waals surface area contributed by atoms with Crippen molar-refractivity contribution < 1.29 is 24.0 Å². The van der Waals surface area contributed by atoms with Crippen molar-refractivity contribution in [2.45, 2.75) is 12.5 Å². The monoisotopic (exact) mass is 341 g/mol. The Morgan fingerprint density at radius 1 is 1.04 bits per heavy atom. The van der Waals surface area contributed by atoms with E-state index in [2.05, 4.69) is 0 Å². The third kappa shape index (κ3) is 3.55. The van der Waals surface area contributed by atoms with Crippen LogP contribution in [0.25, 0.3) is 0 Å². The average Bonchev–Trinajstić information content (AvgIpc) is 3.05. The van der Waals surface area contributed by atoms with Crippen molar-refractivity contribution in [3.05, 3.63) is 65.7 Å². The van der Waals surface area contributed by atoms with Gasteiger partial charge in [0.1, 0.15) is 6.10 Å². The summed E-state index contributed by atoms with van der Waals surface area (Å²) in [4.78, 5) is 34.7. The van der Waals surface area contributed by atoms with Gasteiger partial charge in [0.15, 0.2) is 5.78 Å². The molecule has 0 bridgehead atoms. The summed E-state index contributed by atoms with van der Waals surface area (Å²) in [6.45, 7) is 0. The number of carbonyl (C=O) groups is 2. The van der Waals surface area contributed by atoms with Crippen LogP contribution in [-0.4, -0.2) is 26.0 Å². The standard InChI is InChI=1S/C19H19NO5/c1-23-20(24-2)15-10-8-14(9-11-15)19-16(12-17(21)25-19)18(22)13-6-4-3-5-7-13/h3-11,16,19H,12H2,1-2H3/t16-,19-/m0/s1. The fourth-order valence-electron chi connectivity index (χ4n) is 2.98. The Kier molecular flexibility index (Phi) is 5.11. The Morgan fingerprint density at radius 2 is 1.68 bits per heavy atom. The highest BCUT2D eigenvalue weighted by atomic mass is 16.9. The molecule has 2 aromatic carbocycles. The van der Waals surface area contributed by atoms with Crippen molar-refractivity contribution in [1.29, 1.82) is 0 Å². The second-order valence-corrected chi connectivity index (χ2v) is 5.67. The number of rotatable bonds is 6. The van der Waals surface area contributed by atoms with Gasteiger partial charge in [-0.15, -0.1) is 5.23 Å². The summed E-state index contributed by atoms with van der Waals surface area (Å²) in [7, 11) is 2.98. The molecule has 1 fully saturated rings. The molecule has 0 saturated carbocycles. The molecule has 0 aromatic heterocycles. The summed E-state index contributed by atoms with van der Waals surface area (Å²) in [5.74, 6) is -0.976. The lowest BCUT2D eigenvalue weighted by atomic mass is 9.88. The van der Waals surface area contributed by atoms with Crippen LogP contribution in [0.1, 0.15) is 28.4 Å². The maximum atomic E-state index is 12.8. The lowest BCUT2D eigenvalue weighted by molar-refractivity contribution is -0.141. The number of Topliss-reactive ketones (excluding diaryl/α,β-unsaturated/α-hetero) is 1. The first kappa shape index (κ1) is 17.1. The Hall–Kier alpha value is -2.70. The van der Waals surface area contributed by atoms with E-state index in [1.54, 1.807) is 48.5 Å². The van der Waals surface area contributed by atoms with Crippen molar-refractivity contribution >= 4 is 17.4 Å². The molecule has 25 heavy (non-hydrogen) atoms. The van der Waals surface area contributed by atoms with E-state index in [9.17, 15) is 9.59 Å². The van der Waals surface area contributed by atoms with E-state index in [4.69, 9.17) is 14.4 Å². The number of ketones is 1. The van der Waals surface area contributed by atoms with Gasteiger partial charge in [0.05, 0.1) is 32.2 Å². The molecule has 130 valence electrons. The minimum Gasteiger partial charge on any atom is -0.457 e. The molecule has 1 saturated heterocycles. The summed E-state index contributed by atoms with van der Waals surface area (Å²) >= 11 is 0. The predicted molar refractivity (Wildman–Crippen MR) is 90.7 cm³/mol. The molecule has 1 aliphatic heterocycles. The van der Waals surface area contributed by atoms with Gasteiger partial charge in [-0.3, -0.25) is 19.3 Å². The topological polar surface area (TPSA) is 65.1 Å². The van der Waals surface area contributed by atoms with Crippen molar-refractivity contribution in [2.75, 3.05) is 19.4 Å². The maximum absolute atomic E-state index is 12.8.